The number of thiocarbonyl (C=S) groups is 1. The van der Waals surface area contributed by atoms with Crippen LogP contribution in [0.2, 0.25) is 0 Å². The lowest BCUT2D eigenvalue weighted by atomic mass is 10.1. The van der Waals surface area contributed by atoms with Gasteiger partial charge in [-0.15, -0.1) is 11.3 Å². The van der Waals surface area contributed by atoms with Crippen molar-refractivity contribution in [3.05, 3.63) is 102 Å². The van der Waals surface area contributed by atoms with E-state index in [4.69, 9.17) is 12.2 Å². The van der Waals surface area contributed by atoms with Crippen molar-refractivity contribution in [3.63, 3.8) is 0 Å². The zero-order valence-electron chi connectivity index (χ0n) is 19.2. The molecule has 176 valence electrons. The summed E-state index contributed by atoms with van der Waals surface area (Å²) >= 11 is 9.49. The average molecular weight is 536 g/mol. The minimum Gasteiger partial charge on any atom is -0.338 e. The van der Waals surface area contributed by atoms with Crippen molar-refractivity contribution in [2.75, 3.05) is 14.1 Å². The van der Waals surface area contributed by atoms with E-state index in [0.717, 1.165) is 21.9 Å². The van der Waals surface area contributed by atoms with Gasteiger partial charge in [0.15, 0.2) is 0 Å². The van der Waals surface area contributed by atoms with Crippen molar-refractivity contribution in [3.8, 4) is 0 Å². The molecule has 1 amide bonds. The molecule has 0 radical (unpaired) electrons. The van der Waals surface area contributed by atoms with Gasteiger partial charge in [0.1, 0.15) is 13.9 Å². The third-order valence-corrected chi connectivity index (χ3v) is 9.86. The van der Waals surface area contributed by atoms with E-state index in [0.29, 0.717) is 18.4 Å². The number of thiazole rings is 1. The highest BCUT2D eigenvalue weighted by Gasteiger charge is 2.31. The summed E-state index contributed by atoms with van der Waals surface area (Å²) in [7, 11) is 5.39. The highest BCUT2D eigenvalue weighted by molar-refractivity contribution is 8.30. The van der Waals surface area contributed by atoms with Gasteiger partial charge in [0.25, 0.3) is 11.5 Å². The SMILES string of the molecule is CN1C(=O)C(=c2sc(=C/C=C3\SC(c4ccccc4)=C(c4ccccc4)N3C)c(=O)n2C)SC1=S. The summed E-state index contributed by atoms with van der Waals surface area (Å²) in [5, 5.41) is 1.01. The van der Waals surface area contributed by atoms with Crippen LogP contribution in [-0.2, 0) is 11.8 Å². The molecule has 0 saturated carbocycles. The van der Waals surface area contributed by atoms with Crippen molar-refractivity contribution < 1.29 is 4.79 Å². The van der Waals surface area contributed by atoms with Crippen LogP contribution in [0, 0.1) is 0 Å². The van der Waals surface area contributed by atoms with Crippen molar-refractivity contribution in [1.82, 2.24) is 14.4 Å². The molecule has 2 aliphatic heterocycles. The van der Waals surface area contributed by atoms with E-state index in [9.17, 15) is 9.59 Å². The minimum atomic E-state index is -0.169. The Bertz CT molecular complexity index is 1580. The molecule has 5 nitrogen and oxygen atoms in total. The first kappa shape index (κ1) is 23.9. The van der Waals surface area contributed by atoms with E-state index in [2.05, 4.69) is 29.2 Å². The van der Waals surface area contributed by atoms with E-state index in [1.807, 2.05) is 55.6 Å². The first-order valence-electron chi connectivity index (χ1n) is 10.8. The van der Waals surface area contributed by atoms with Crippen LogP contribution in [0.3, 0.4) is 0 Å². The van der Waals surface area contributed by atoms with Gasteiger partial charge in [-0.25, -0.2) is 0 Å². The predicted molar refractivity (Wildman–Crippen MR) is 153 cm³/mol. The normalized spacial score (nSPS) is 19.6. The molecule has 35 heavy (non-hydrogen) atoms. The van der Waals surface area contributed by atoms with Crippen LogP contribution in [0.4, 0.5) is 0 Å². The number of hydrogen-bond acceptors (Lipinski definition) is 7. The molecule has 0 bridgehead atoms. The lowest BCUT2D eigenvalue weighted by Gasteiger charge is -2.17. The Morgan fingerprint density at radius 2 is 1.40 bits per heavy atom. The van der Waals surface area contributed by atoms with Crippen LogP contribution in [-0.4, -0.2) is 38.7 Å². The standard InChI is InChI=1S/C26H21N3O2S4/c1-27-19(34-21(17-12-8-5-9-13-17)20(27)16-10-6-4-7-11-16)15-14-18-23(30)28(2)25(33-18)22-24(31)29(3)26(32)35-22/h4-15H,1-3H3/b18-14?,19-15-,25-22?. The first-order chi connectivity index (χ1) is 16.9. The van der Waals surface area contributed by atoms with Crippen molar-refractivity contribution in [2.24, 2.45) is 7.05 Å². The second kappa shape index (κ2) is 9.66. The second-order valence-corrected chi connectivity index (χ2v) is 11.6. The van der Waals surface area contributed by atoms with Gasteiger partial charge in [-0.3, -0.25) is 14.5 Å². The molecule has 2 aromatic carbocycles. The quantitative estimate of drug-likeness (QED) is 0.475. The molecule has 0 aliphatic carbocycles. The average Bonchev–Trinajstić information content (AvgIpc) is 3.45. The summed E-state index contributed by atoms with van der Waals surface area (Å²) in [5.74, 6) is -0.169. The maximum Gasteiger partial charge on any atom is 0.268 e. The lowest BCUT2D eigenvalue weighted by molar-refractivity contribution is -0.119. The maximum absolute atomic E-state index is 13.0. The molecule has 1 fully saturated rings. The Hall–Kier alpha value is -2.85. The Balaban J connectivity index is 1.59. The third-order valence-electron chi connectivity index (χ3n) is 5.73. The number of aromatic nitrogens is 1. The Morgan fingerprint density at radius 1 is 0.771 bits per heavy atom. The summed E-state index contributed by atoms with van der Waals surface area (Å²) in [4.78, 5) is 30.8. The number of amides is 1. The molecular formula is C26H21N3O2S4. The first-order valence-corrected chi connectivity index (χ1v) is 13.6. The van der Waals surface area contributed by atoms with Gasteiger partial charge >= 0.3 is 0 Å². The largest absolute Gasteiger partial charge is 0.338 e. The number of rotatable bonds is 3. The molecule has 0 atom stereocenters. The van der Waals surface area contributed by atoms with E-state index in [-0.39, 0.29) is 11.5 Å². The minimum absolute atomic E-state index is 0.131. The van der Waals surface area contributed by atoms with Crippen molar-refractivity contribution in [2.45, 2.75) is 0 Å². The Morgan fingerprint density at radius 3 is 2.00 bits per heavy atom. The molecule has 0 N–H and O–H groups in total. The highest BCUT2D eigenvalue weighted by atomic mass is 32.2. The van der Waals surface area contributed by atoms with Gasteiger partial charge < -0.3 is 9.47 Å². The van der Waals surface area contributed by atoms with Crippen LogP contribution >= 0.6 is 47.1 Å². The number of carbonyl (C=O) groups is 1. The number of allylic oxidation sites excluding steroid dienone is 1. The van der Waals surface area contributed by atoms with E-state index < -0.39 is 0 Å². The Labute approximate surface area is 220 Å². The molecule has 1 aromatic heterocycles. The molecule has 9 heteroatoms. The predicted octanol–water partition coefficient (Wildman–Crippen LogP) is 3.87. The summed E-state index contributed by atoms with van der Waals surface area (Å²) in [6.07, 6.45) is 3.82. The molecule has 5 rings (SSSR count). The smallest absolute Gasteiger partial charge is 0.268 e. The van der Waals surface area contributed by atoms with E-state index >= 15 is 0 Å². The zero-order valence-corrected chi connectivity index (χ0v) is 22.5. The fourth-order valence-corrected chi connectivity index (χ4v) is 7.40. The van der Waals surface area contributed by atoms with Crippen molar-refractivity contribution in [1.29, 1.82) is 0 Å². The molecule has 3 heterocycles. The highest BCUT2D eigenvalue weighted by Crippen LogP contribution is 2.49. The number of thioether (sulfide) groups is 2. The Kier molecular flexibility index (Phi) is 6.59. The topological polar surface area (TPSA) is 45.6 Å². The molecule has 1 saturated heterocycles. The van der Waals surface area contributed by atoms with E-state index in [1.54, 1.807) is 25.9 Å². The van der Waals surface area contributed by atoms with Crippen LogP contribution in [0.15, 0.2) is 76.6 Å². The lowest BCUT2D eigenvalue weighted by Crippen LogP contribution is -2.30. The summed E-state index contributed by atoms with van der Waals surface area (Å²) < 4.78 is 3.23. The van der Waals surface area contributed by atoms with Gasteiger partial charge in [-0.2, -0.15) is 0 Å². The van der Waals surface area contributed by atoms with Crippen molar-refractivity contribution >= 4 is 78.9 Å². The molecular weight excluding hydrogens is 515 g/mol. The summed E-state index contributed by atoms with van der Waals surface area (Å²) in [5.41, 5.74) is 3.27. The van der Waals surface area contributed by atoms with Crippen LogP contribution in [0.1, 0.15) is 11.1 Å². The molecule has 3 aromatic rings. The van der Waals surface area contributed by atoms with Crippen LogP contribution < -0.4 is 14.8 Å². The molecule has 2 aliphatic rings. The fourth-order valence-electron chi connectivity index (χ4n) is 3.83. The monoisotopic (exact) mass is 535 g/mol. The number of nitrogens with zero attached hydrogens (tertiary/aromatic N) is 3. The molecule has 0 unspecified atom stereocenters. The number of benzene rings is 2. The van der Waals surface area contributed by atoms with Crippen LogP contribution in [0.5, 0.6) is 0 Å². The van der Waals surface area contributed by atoms with Crippen LogP contribution in [0.25, 0.3) is 21.6 Å². The number of carbonyl (C=O) groups excluding carboxylic acids is 1. The number of hydrogen-bond donors (Lipinski definition) is 0. The van der Waals surface area contributed by atoms with Gasteiger partial charge in [0.05, 0.1) is 15.3 Å². The van der Waals surface area contributed by atoms with Gasteiger partial charge in [-0.05, 0) is 23.3 Å². The zero-order chi connectivity index (χ0) is 24.7. The summed E-state index contributed by atoms with van der Waals surface area (Å²) in [6.45, 7) is 0. The maximum atomic E-state index is 13.0. The molecule has 0 spiro atoms. The van der Waals surface area contributed by atoms with Gasteiger partial charge in [0, 0.05) is 26.0 Å². The van der Waals surface area contributed by atoms with Gasteiger partial charge in [-0.1, -0.05) is 96.4 Å². The fraction of sp³-hybridized carbons (Fsp3) is 0.115. The van der Waals surface area contributed by atoms with E-state index in [1.165, 1.54) is 37.5 Å². The van der Waals surface area contributed by atoms with Gasteiger partial charge in [0.2, 0.25) is 0 Å². The second-order valence-electron chi connectivity index (χ2n) is 7.94. The summed E-state index contributed by atoms with van der Waals surface area (Å²) in [6, 6.07) is 20.6. The third kappa shape index (κ3) is 4.33.